The van der Waals surface area contributed by atoms with Gasteiger partial charge in [0.2, 0.25) is 0 Å². The van der Waals surface area contributed by atoms with Gasteiger partial charge in [-0.1, -0.05) is 13.8 Å². The molecule has 0 aromatic heterocycles. The fourth-order valence-electron chi connectivity index (χ4n) is 1.82. The lowest BCUT2D eigenvalue weighted by Crippen LogP contribution is -2.46. The van der Waals surface area contributed by atoms with Gasteiger partial charge in [-0.05, 0) is 46.8 Å². The molecule has 0 aromatic rings. The first-order chi connectivity index (χ1) is 7.86. The summed E-state index contributed by atoms with van der Waals surface area (Å²) in [7, 11) is 0. The number of nitrogens with zero attached hydrogens (tertiary/aromatic N) is 2. The molecule has 0 spiro atoms. The molecule has 102 valence electrons. The van der Waals surface area contributed by atoms with E-state index in [-0.39, 0.29) is 5.91 Å². The molecule has 1 amide bonds. The Hall–Kier alpha value is -0.610. The molecule has 0 saturated heterocycles. The molecule has 0 aliphatic heterocycles. The summed E-state index contributed by atoms with van der Waals surface area (Å²) in [5.74, 6) is -0.181. The number of aliphatic hydroxyl groups is 1. The molecule has 0 bridgehead atoms. The fourth-order valence-corrected chi connectivity index (χ4v) is 1.82. The molecular weight excluding hydrogens is 216 g/mol. The van der Waals surface area contributed by atoms with Crippen molar-refractivity contribution in [2.45, 2.75) is 46.6 Å². The number of carbonyl (C=O) groups is 1. The summed E-state index contributed by atoms with van der Waals surface area (Å²) < 4.78 is 0. The van der Waals surface area contributed by atoms with E-state index in [0.717, 1.165) is 32.6 Å². The predicted octanol–water partition coefficient (Wildman–Crippen LogP) is 1.34. The van der Waals surface area contributed by atoms with Crippen molar-refractivity contribution in [3.05, 3.63) is 0 Å². The van der Waals surface area contributed by atoms with Gasteiger partial charge in [0.15, 0.2) is 0 Å². The van der Waals surface area contributed by atoms with Crippen LogP contribution >= 0.6 is 0 Å². The van der Waals surface area contributed by atoms with Crippen molar-refractivity contribution >= 4 is 5.91 Å². The molecular formula is C13H28N2O2. The third-order valence-corrected chi connectivity index (χ3v) is 2.99. The van der Waals surface area contributed by atoms with Gasteiger partial charge in [-0.25, -0.2) is 0 Å². The highest BCUT2D eigenvalue weighted by Crippen LogP contribution is 2.08. The smallest absolute Gasteiger partial charge is 0.253 e. The summed E-state index contributed by atoms with van der Waals surface area (Å²) in [4.78, 5) is 15.9. The molecule has 17 heavy (non-hydrogen) atoms. The summed E-state index contributed by atoms with van der Waals surface area (Å²) >= 11 is 0. The van der Waals surface area contributed by atoms with Gasteiger partial charge in [0.25, 0.3) is 5.91 Å². The minimum Gasteiger partial charge on any atom is -0.381 e. The second kappa shape index (κ2) is 7.67. The standard InChI is InChI=1S/C13H28N2O2/c1-6-14(7-2)10-9-11-15(8-3)12(16)13(4,5)17/h17H,6-11H2,1-5H3. The van der Waals surface area contributed by atoms with E-state index in [2.05, 4.69) is 18.7 Å². The Labute approximate surface area is 106 Å². The molecule has 0 radical (unpaired) electrons. The van der Waals surface area contributed by atoms with Crippen molar-refractivity contribution in [1.29, 1.82) is 0 Å². The molecule has 4 nitrogen and oxygen atoms in total. The van der Waals surface area contributed by atoms with E-state index < -0.39 is 5.60 Å². The van der Waals surface area contributed by atoms with Gasteiger partial charge in [-0.3, -0.25) is 4.79 Å². The minimum atomic E-state index is -1.26. The van der Waals surface area contributed by atoms with Crippen LogP contribution in [0.3, 0.4) is 0 Å². The molecule has 0 fully saturated rings. The van der Waals surface area contributed by atoms with Gasteiger partial charge >= 0.3 is 0 Å². The van der Waals surface area contributed by atoms with Gasteiger partial charge in [-0.2, -0.15) is 0 Å². The van der Waals surface area contributed by atoms with Crippen LogP contribution in [0.25, 0.3) is 0 Å². The van der Waals surface area contributed by atoms with Gasteiger partial charge in [0.05, 0.1) is 0 Å². The first-order valence-corrected chi connectivity index (χ1v) is 6.60. The lowest BCUT2D eigenvalue weighted by molar-refractivity contribution is -0.147. The Bertz CT molecular complexity index is 220. The summed E-state index contributed by atoms with van der Waals surface area (Å²) in [5.41, 5.74) is -1.26. The van der Waals surface area contributed by atoms with Crippen molar-refractivity contribution in [1.82, 2.24) is 9.80 Å². The first kappa shape index (κ1) is 16.4. The highest BCUT2D eigenvalue weighted by molar-refractivity contribution is 5.84. The number of likely N-dealkylation sites (N-methyl/N-ethyl adjacent to an activating group) is 1. The Kier molecular flexibility index (Phi) is 7.39. The summed E-state index contributed by atoms with van der Waals surface area (Å²) in [6, 6.07) is 0. The number of rotatable bonds is 8. The van der Waals surface area contributed by atoms with E-state index in [4.69, 9.17) is 0 Å². The molecule has 0 aromatic carbocycles. The van der Waals surface area contributed by atoms with E-state index in [1.165, 1.54) is 0 Å². The molecule has 1 N–H and O–H groups in total. The van der Waals surface area contributed by atoms with Gasteiger partial charge < -0.3 is 14.9 Å². The van der Waals surface area contributed by atoms with Gasteiger partial charge in [0, 0.05) is 13.1 Å². The zero-order valence-electron chi connectivity index (χ0n) is 12.0. The van der Waals surface area contributed by atoms with Crippen LogP contribution in [-0.2, 0) is 4.79 Å². The highest BCUT2D eigenvalue weighted by atomic mass is 16.3. The van der Waals surface area contributed by atoms with E-state index in [1.54, 1.807) is 18.7 Å². The van der Waals surface area contributed by atoms with Crippen LogP contribution in [0.15, 0.2) is 0 Å². The maximum Gasteiger partial charge on any atom is 0.253 e. The Morgan fingerprint density at radius 2 is 1.59 bits per heavy atom. The van der Waals surface area contributed by atoms with Crippen molar-refractivity contribution < 1.29 is 9.90 Å². The van der Waals surface area contributed by atoms with Crippen LogP contribution in [0.4, 0.5) is 0 Å². The van der Waals surface area contributed by atoms with E-state index >= 15 is 0 Å². The molecule has 0 rings (SSSR count). The van der Waals surface area contributed by atoms with Crippen LogP contribution in [0.2, 0.25) is 0 Å². The third kappa shape index (κ3) is 6.03. The van der Waals surface area contributed by atoms with Gasteiger partial charge in [0.1, 0.15) is 5.60 Å². The highest BCUT2D eigenvalue weighted by Gasteiger charge is 2.28. The lowest BCUT2D eigenvalue weighted by atomic mass is 10.1. The molecule has 0 saturated carbocycles. The average molecular weight is 244 g/mol. The molecule has 0 unspecified atom stereocenters. The minimum absolute atomic E-state index is 0.181. The lowest BCUT2D eigenvalue weighted by Gasteiger charge is -2.28. The third-order valence-electron chi connectivity index (χ3n) is 2.99. The average Bonchev–Trinajstić information content (AvgIpc) is 2.27. The van der Waals surface area contributed by atoms with E-state index in [0.29, 0.717) is 6.54 Å². The monoisotopic (exact) mass is 244 g/mol. The predicted molar refractivity (Wildman–Crippen MR) is 71.0 cm³/mol. The largest absolute Gasteiger partial charge is 0.381 e. The van der Waals surface area contributed by atoms with Crippen molar-refractivity contribution in [2.75, 3.05) is 32.7 Å². The SMILES string of the molecule is CCN(CC)CCCN(CC)C(=O)C(C)(C)O. The Morgan fingerprint density at radius 3 is 1.94 bits per heavy atom. The quantitative estimate of drug-likeness (QED) is 0.700. The molecule has 0 heterocycles. The molecule has 0 atom stereocenters. The number of hydrogen-bond acceptors (Lipinski definition) is 3. The molecule has 0 aliphatic rings. The Morgan fingerprint density at radius 1 is 1.06 bits per heavy atom. The zero-order chi connectivity index (χ0) is 13.5. The van der Waals surface area contributed by atoms with Crippen molar-refractivity contribution in [3.63, 3.8) is 0 Å². The summed E-state index contributed by atoms with van der Waals surface area (Å²) in [6.45, 7) is 13.8. The number of carbonyl (C=O) groups excluding carboxylic acids is 1. The van der Waals surface area contributed by atoms with Crippen molar-refractivity contribution in [2.24, 2.45) is 0 Å². The van der Waals surface area contributed by atoms with Crippen LogP contribution < -0.4 is 0 Å². The maximum absolute atomic E-state index is 11.9. The van der Waals surface area contributed by atoms with Crippen LogP contribution in [0.1, 0.15) is 41.0 Å². The van der Waals surface area contributed by atoms with Crippen LogP contribution in [0, 0.1) is 0 Å². The molecule has 0 aliphatic carbocycles. The van der Waals surface area contributed by atoms with Crippen LogP contribution in [-0.4, -0.2) is 59.1 Å². The maximum atomic E-state index is 11.9. The van der Waals surface area contributed by atoms with Gasteiger partial charge in [-0.15, -0.1) is 0 Å². The summed E-state index contributed by atoms with van der Waals surface area (Å²) in [5, 5.41) is 9.69. The number of amides is 1. The summed E-state index contributed by atoms with van der Waals surface area (Å²) in [6.07, 6.45) is 0.956. The van der Waals surface area contributed by atoms with E-state index in [1.807, 2.05) is 6.92 Å². The second-order valence-corrected chi connectivity index (χ2v) is 4.82. The van der Waals surface area contributed by atoms with Crippen LogP contribution in [0.5, 0.6) is 0 Å². The van der Waals surface area contributed by atoms with E-state index in [9.17, 15) is 9.90 Å². The van der Waals surface area contributed by atoms with Crippen molar-refractivity contribution in [3.8, 4) is 0 Å². The zero-order valence-corrected chi connectivity index (χ0v) is 12.0. The fraction of sp³-hybridized carbons (Fsp3) is 0.923. The first-order valence-electron chi connectivity index (χ1n) is 6.60. The Balaban J connectivity index is 4.11. The normalized spacial score (nSPS) is 11.9. The topological polar surface area (TPSA) is 43.8 Å². The number of hydrogen-bond donors (Lipinski definition) is 1. The molecule has 4 heteroatoms. The second-order valence-electron chi connectivity index (χ2n) is 4.82.